The molecule has 0 bridgehead atoms. The molecule has 0 fully saturated rings. The van der Waals surface area contributed by atoms with Gasteiger partial charge in [-0.1, -0.05) is 55.5 Å². The van der Waals surface area contributed by atoms with Crippen molar-refractivity contribution in [2.24, 2.45) is 0 Å². The predicted octanol–water partition coefficient (Wildman–Crippen LogP) is 4.49. The molecule has 0 saturated carbocycles. The van der Waals surface area contributed by atoms with E-state index in [-0.39, 0.29) is 0 Å². The Morgan fingerprint density at radius 3 is 1.79 bits per heavy atom. The lowest BCUT2D eigenvalue weighted by Crippen LogP contribution is -1.97. The number of fused-ring (bicyclic) bond motifs is 2. The predicted molar refractivity (Wildman–Crippen MR) is 78.9 cm³/mol. The number of hydrogen-bond donors (Lipinski definition) is 1. The van der Waals surface area contributed by atoms with E-state index in [1.54, 1.807) is 0 Å². The normalized spacial score (nSPS) is 11.0. The van der Waals surface area contributed by atoms with Crippen LogP contribution in [0.2, 0.25) is 0 Å². The number of rotatable bonds is 3. The fourth-order valence-corrected chi connectivity index (χ4v) is 2.43. The zero-order chi connectivity index (χ0) is 13.2. The van der Waals surface area contributed by atoms with Gasteiger partial charge in [-0.05, 0) is 6.42 Å². The molecule has 0 radical (unpaired) electrons. The highest BCUT2D eigenvalue weighted by atomic mass is 16.5. The van der Waals surface area contributed by atoms with Crippen LogP contribution >= 0.6 is 0 Å². The third kappa shape index (κ3) is 1.89. The molecule has 1 N–H and O–H groups in total. The first-order valence-corrected chi connectivity index (χ1v) is 6.58. The maximum Gasteiger partial charge on any atom is 0.135 e. The number of hydrogen-bond acceptors (Lipinski definition) is 2. The molecule has 3 aromatic carbocycles. The Morgan fingerprint density at radius 2 is 1.32 bits per heavy atom. The molecule has 0 aliphatic heterocycles. The van der Waals surface area contributed by atoms with Crippen molar-refractivity contribution in [2.45, 2.75) is 13.3 Å². The summed E-state index contributed by atoms with van der Waals surface area (Å²) in [5.74, 6) is 1.20. The van der Waals surface area contributed by atoms with Gasteiger partial charge in [-0.15, -0.1) is 0 Å². The van der Waals surface area contributed by atoms with Crippen LogP contribution in [0.3, 0.4) is 0 Å². The Morgan fingerprint density at radius 1 is 0.842 bits per heavy atom. The van der Waals surface area contributed by atoms with E-state index in [0.717, 1.165) is 33.7 Å². The molecule has 0 amide bonds. The average Bonchev–Trinajstić information content (AvgIpc) is 2.47. The molecule has 0 saturated heterocycles. The molecule has 3 rings (SSSR count). The van der Waals surface area contributed by atoms with Gasteiger partial charge in [-0.3, -0.25) is 0 Å². The zero-order valence-corrected chi connectivity index (χ0v) is 10.9. The van der Waals surface area contributed by atoms with Gasteiger partial charge >= 0.3 is 0 Å². The van der Waals surface area contributed by atoms with Gasteiger partial charge in [0.2, 0.25) is 0 Å². The van der Waals surface area contributed by atoms with E-state index < -0.39 is 0 Å². The fourth-order valence-electron chi connectivity index (χ4n) is 2.43. The number of aromatic hydroxyl groups is 1. The van der Waals surface area contributed by atoms with Crippen LogP contribution in [0.5, 0.6) is 11.5 Å². The van der Waals surface area contributed by atoms with Crippen molar-refractivity contribution in [3.8, 4) is 11.5 Å². The van der Waals surface area contributed by atoms with Crippen molar-refractivity contribution in [3.05, 3.63) is 48.5 Å². The lowest BCUT2D eigenvalue weighted by atomic mass is 10.0. The van der Waals surface area contributed by atoms with Crippen LogP contribution in [0.4, 0.5) is 0 Å². The minimum atomic E-state index is 0.329. The number of phenols is 1. The van der Waals surface area contributed by atoms with Crippen molar-refractivity contribution in [3.63, 3.8) is 0 Å². The number of benzene rings is 3. The third-order valence-corrected chi connectivity index (χ3v) is 3.30. The van der Waals surface area contributed by atoms with E-state index in [9.17, 15) is 5.11 Å². The first-order valence-electron chi connectivity index (χ1n) is 6.58. The van der Waals surface area contributed by atoms with Crippen molar-refractivity contribution >= 4 is 21.5 Å². The molecule has 96 valence electrons. The topological polar surface area (TPSA) is 29.5 Å². The molecule has 19 heavy (non-hydrogen) atoms. The van der Waals surface area contributed by atoms with Gasteiger partial charge in [0.05, 0.1) is 6.61 Å². The van der Waals surface area contributed by atoms with Crippen molar-refractivity contribution in [1.29, 1.82) is 0 Å². The summed E-state index contributed by atoms with van der Waals surface area (Å²) < 4.78 is 5.93. The smallest absolute Gasteiger partial charge is 0.135 e. The second-order valence-corrected chi connectivity index (χ2v) is 4.62. The molecule has 0 aliphatic rings. The summed E-state index contributed by atoms with van der Waals surface area (Å²) in [4.78, 5) is 0. The first kappa shape index (κ1) is 11.8. The summed E-state index contributed by atoms with van der Waals surface area (Å²) in [6, 6.07) is 15.6. The van der Waals surface area contributed by atoms with Crippen LogP contribution in [-0.4, -0.2) is 11.7 Å². The molecule has 0 atom stereocenters. The van der Waals surface area contributed by atoms with E-state index in [4.69, 9.17) is 4.74 Å². The van der Waals surface area contributed by atoms with Crippen molar-refractivity contribution < 1.29 is 9.84 Å². The maximum absolute atomic E-state index is 10.4. The highest BCUT2D eigenvalue weighted by molar-refractivity contribution is 6.10. The van der Waals surface area contributed by atoms with E-state index in [1.165, 1.54) is 0 Å². The first-order chi connectivity index (χ1) is 9.33. The molecular weight excluding hydrogens is 236 g/mol. The summed E-state index contributed by atoms with van der Waals surface area (Å²) in [6.07, 6.45) is 0.962. The second-order valence-electron chi connectivity index (χ2n) is 4.62. The van der Waals surface area contributed by atoms with Crippen LogP contribution in [-0.2, 0) is 0 Å². The van der Waals surface area contributed by atoms with Crippen molar-refractivity contribution in [2.75, 3.05) is 6.61 Å². The quantitative estimate of drug-likeness (QED) is 0.696. The van der Waals surface area contributed by atoms with Gasteiger partial charge in [0, 0.05) is 21.5 Å². The number of phenolic OH excluding ortho intramolecular Hbond substituents is 1. The molecule has 0 aromatic heterocycles. The summed E-state index contributed by atoms with van der Waals surface area (Å²) in [5, 5.41) is 14.0. The average molecular weight is 252 g/mol. The molecule has 2 heteroatoms. The standard InChI is InChI=1S/C17H16O2/c1-2-11-19-17-14-9-5-3-7-12(14)16(18)13-8-4-6-10-15(13)17/h3-10,18H,2,11H2,1H3. The maximum atomic E-state index is 10.4. The minimum Gasteiger partial charge on any atom is -0.507 e. The molecule has 3 aromatic rings. The molecule has 0 spiro atoms. The van der Waals surface area contributed by atoms with E-state index in [1.807, 2.05) is 48.5 Å². The van der Waals surface area contributed by atoms with E-state index >= 15 is 0 Å². The highest BCUT2D eigenvalue weighted by Crippen LogP contribution is 2.41. The summed E-state index contributed by atoms with van der Waals surface area (Å²) in [5.41, 5.74) is 0. The molecule has 0 heterocycles. The van der Waals surface area contributed by atoms with E-state index in [0.29, 0.717) is 12.4 Å². The Labute approximate surface area is 112 Å². The Hall–Kier alpha value is -2.22. The van der Waals surface area contributed by atoms with Crippen LogP contribution in [0.25, 0.3) is 21.5 Å². The second kappa shape index (κ2) is 4.81. The van der Waals surface area contributed by atoms with Crippen molar-refractivity contribution in [1.82, 2.24) is 0 Å². The summed E-state index contributed by atoms with van der Waals surface area (Å²) in [6.45, 7) is 2.77. The largest absolute Gasteiger partial charge is 0.507 e. The van der Waals surface area contributed by atoms with Gasteiger partial charge in [0.1, 0.15) is 11.5 Å². The summed E-state index contributed by atoms with van der Waals surface area (Å²) >= 11 is 0. The molecule has 2 nitrogen and oxygen atoms in total. The Kier molecular flexibility index (Phi) is 3.00. The van der Waals surface area contributed by atoms with Crippen LogP contribution < -0.4 is 4.74 Å². The molecular formula is C17H16O2. The van der Waals surface area contributed by atoms with Gasteiger partial charge in [-0.2, -0.15) is 0 Å². The van der Waals surface area contributed by atoms with Crippen LogP contribution in [0.1, 0.15) is 13.3 Å². The third-order valence-electron chi connectivity index (χ3n) is 3.30. The van der Waals surface area contributed by atoms with Gasteiger partial charge in [0.15, 0.2) is 0 Å². The lowest BCUT2D eigenvalue weighted by Gasteiger charge is -2.14. The molecule has 0 aliphatic carbocycles. The van der Waals surface area contributed by atoms with Crippen LogP contribution in [0.15, 0.2) is 48.5 Å². The van der Waals surface area contributed by atoms with Gasteiger partial charge in [0.25, 0.3) is 0 Å². The summed E-state index contributed by atoms with van der Waals surface area (Å²) in [7, 11) is 0. The lowest BCUT2D eigenvalue weighted by molar-refractivity contribution is 0.324. The van der Waals surface area contributed by atoms with Gasteiger partial charge < -0.3 is 9.84 Å². The highest BCUT2D eigenvalue weighted by Gasteiger charge is 2.13. The van der Waals surface area contributed by atoms with E-state index in [2.05, 4.69) is 6.92 Å². The Balaban J connectivity index is 2.42. The molecule has 0 unspecified atom stereocenters. The monoisotopic (exact) mass is 252 g/mol. The Bertz CT molecular complexity index is 675. The zero-order valence-electron chi connectivity index (χ0n) is 10.9. The fraction of sp³-hybridized carbons (Fsp3) is 0.176. The van der Waals surface area contributed by atoms with Gasteiger partial charge in [-0.25, -0.2) is 0 Å². The SMILES string of the molecule is CCCOc1c2ccccc2c(O)c2ccccc12. The number of ether oxygens (including phenoxy) is 1. The van der Waals surface area contributed by atoms with Crippen LogP contribution in [0, 0.1) is 0 Å². The minimum absolute atomic E-state index is 0.329.